The molecule has 1 amide bonds. The van der Waals surface area contributed by atoms with Crippen molar-refractivity contribution in [3.05, 3.63) is 72.3 Å². The van der Waals surface area contributed by atoms with Gasteiger partial charge in [-0.2, -0.15) is 0 Å². The van der Waals surface area contributed by atoms with Gasteiger partial charge in [0.1, 0.15) is 11.6 Å². The summed E-state index contributed by atoms with van der Waals surface area (Å²) in [6, 6.07) is 20.1. The first-order chi connectivity index (χ1) is 14.1. The van der Waals surface area contributed by atoms with Crippen LogP contribution in [0.5, 0.6) is 11.5 Å². The van der Waals surface area contributed by atoms with Crippen LogP contribution in [0.2, 0.25) is 0 Å². The third kappa shape index (κ3) is 4.08. The number of nitrogen functional groups attached to an aromatic ring is 2. The normalized spacial score (nSPS) is 15.5. The molecule has 0 fully saturated rings. The van der Waals surface area contributed by atoms with Crippen LogP contribution in [0.3, 0.4) is 0 Å². The highest BCUT2D eigenvalue weighted by Crippen LogP contribution is 2.38. The maximum atomic E-state index is 13.2. The fraction of sp³-hybridized carbons (Fsp3) is 0.182. The first-order valence-corrected chi connectivity index (χ1v) is 9.39. The number of pyridine rings is 1. The van der Waals surface area contributed by atoms with E-state index in [0.29, 0.717) is 48.4 Å². The van der Waals surface area contributed by atoms with Gasteiger partial charge in [0.15, 0.2) is 11.6 Å². The van der Waals surface area contributed by atoms with Crippen molar-refractivity contribution >= 4 is 23.2 Å². The van der Waals surface area contributed by atoms with Crippen LogP contribution < -0.4 is 25.8 Å². The first kappa shape index (κ1) is 18.6. The predicted molar refractivity (Wildman–Crippen MR) is 112 cm³/mol. The van der Waals surface area contributed by atoms with Crippen molar-refractivity contribution in [2.24, 2.45) is 0 Å². The second-order valence-electron chi connectivity index (χ2n) is 6.73. The Morgan fingerprint density at radius 2 is 1.86 bits per heavy atom. The Labute approximate surface area is 168 Å². The lowest BCUT2D eigenvalue weighted by Crippen LogP contribution is -2.42. The Morgan fingerprint density at radius 3 is 2.66 bits per heavy atom. The fourth-order valence-corrected chi connectivity index (χ4v) is 3.23. The van der Waals surface area contributed by atoms with Gasteiger partial charge < -0.3 is 20.9 Å². The Morgan fingerprint density at radius 1 is 1.03 bits per heavy atom. The first-order valence-electron chi connectivity index (χ1n) is 9.39. The van der Waals surface area contributed by atoms with Crippen LogP contribution in [0.15, 0.2) is 66.7 Å². The summed E-state index contributed by atoms with van der Waals surface area (Å²) in [5.74, 6) is 1.82. The molecule has 148 valence electrons. The summed E-state index contributed by atoms with van der Waals surface area (Å²) in [7, 11) is 0. The largest absolute Gasteiger partial charge is 0.493 e. The minimum Gasteiger partial charge on any atom is -0.493 e. The molecule has 1 aromatic heterocycles. The van der Waals surface area contributed by atoms with E-state index in [4.69, 9.17) is 20.9 Å². The number of rotatable bonds is 6. The average Bonchev–Trinajstić information content (AvgIpc) is 2.73. The summed E-state index contributed by atoms with van der Waals surface area (Å²) in [6.45, 7) is 0.860. The van der Waals surface area contributed by atoms with Gasteiger partial charge >= 0.3 is 0 Å². The molecule has 4 N–H and O–H groups in total. The number of hydrogen-bond donors (Lipinski definition) is 2. The number of nitrogens with zero attached hydrogens (tertiary/aromatic N) is 2. The monoisotopic (exact) mass is 390 g/mol. The molecule has 4 rings (SSSR count). The van der Waals surface area contributed by atoms with E-state index < -0.39 is 6.10 Å². The van der Waals surface area contributed by atoms with Crippen LogP contribution >= 0.6 is 0 Å². The molecular weight excluding hydrogens is 368 g/mol. The molecule has 0 spiro atoms. The Balaban J connectivity index is 1.50. The second kappa shape index (κ2) is 8.10. The van der Waals surface area contributed by atoms with Gasteiger partial charge in [0.25, 0.3) is 5.91 Å². The Kier molecular flexibility index (Phi) is 5.20. The van der Waals surface area contributed by atoms with Crippen molar-refractivity contribution in [2.75, 3.05) is 29.5 Å². The number of ether oxygens (including phenoxy) is 2. The van der Waals surface area contributed by atoms with Gasteiger partial charge in [0, 0.05) is 23.9 Å². The van der Waals surface area contributed by atoms with Crippen molar-refractivity contribution in [1.29, 1.82) is 0 Å². The molecule has 7 heteroatoms. The van der Waals surface area contributed by atoms with Crippen LogP contribution in [0.1, 0.15) is 18.1 Å². The van der Waals surface area contributed by atoms with E-state index in [1.165, 1.54) is 0 Å². The van der Waals surface area contributed by atoms with E-state index >= 15 is 0 Å². The zero-order valence-corrected chi connectivity index (χ0v) is 15.8. The Hall–Kier alpha value is -3.74. The molecule has 0 saturated carbocycles. The predicted octanol–water partition coefficient (Wildman–Crippen LogP) is 3.18. The summed E-state index contributed by atoms with van der Waals surface area (Å²) >= 11 is 0. The van der Waals surface area contributed by atoms with E-state index in [9.17, 15) is 4.79 Å². The number of aromatic nitrogens is 1. The summed E-state index contributed by atoms with van der Waals surface area (Å²) in [4.78, 5) is 19.1. The summed E-state index contributed by atoms with van der Waals surface area (Å²) in [5, 5.41) is 0. The lowest BCUT2D eigenvalue weighted by atomic mass is 10.1. The molecule has 0 radical (unpaired) electrons. The van der Waals surface area contributed by atoms with Gasteiger partial charge in [-0.15, -0.1) is 0 Å². The number of fused-ring (bicyclic) bond motifs is 1. The van der Waals surface area contributed by atoms with Crippen molar-refractivity contribution in [3.63, 3.8) is 0 Å². The number of amides is 1. The standard InChI is InChI=1S/C22H22N4O3/c23-16-8-4-9-17(14-16)28-13-5-12-26-21-18(10-11-19(24)25-21)29-20(22(26)27)15-6-2-1-3-7-15/h1-4,6-11,14,20H,5,12-13,23H2,(H2,24,25). The highest BCUT2D eigenvalue weighted by atomic mass is 16.5. The van der Waals surface area contributed by atoms with E-state index in [2.05, 4.69) is 4.98 Å². The number of nitrogens with two attached hydrogens (primary N) is 2. The molecule has 0 saturated heterocycles. The van der Waals surface area contributed by atoms with Crippen molar-refractivity contribution in [3.8, 4) is 11.5 Å². The van der Waals surface area contributed by atoms with E-state index in [1.54, 1.807) is 29.2 Å². The SMILES string of the molecule is Nc1cccc(OCCCN2C(=O)C(c3ccccc3)Oc3ccc(N)nc32)c1. The van der Waals surface area contributed by atoms with E-state index in [1.807, 2.05) is 42.5 Å². The molecule has 3 aromatic rings. The number of carbonyl (C=O) groups excluding carboxylic acids is 1. The molecule has 1 unspecified atom stereocenters. The second-order valence-corrected chi connectivity index (χ2v) is 6.73. The summed E-state index contributed by atoms with van der Waals surface area (Å²) < 4.78 is 11.7. The summed E-state index contributed by atoms with van der Waals surface area (Å²) in [5.41, 5.74) is 13.0. The van der Waals surface area contributed by atoms with Crippen molar-refractivity contribution in [1.82, 2.24) is 4.98 Å². The average molecular weight is 390 g/mol. The lowest BCUT2D eigenvalue weighted by molar-refractivity contribution is -0.126. The maximum absolute atomic E-state index is 13.2. The molecule has 1 aliphatic heterocycles. The van der Waals surface area contributed by atoms with Crippen LogP contribution in [0.4, 0.5) is 17.3 Å². The number of anilines is 3. The molecule has 1 aliphatic rings. The van der Waals surface area contributed by atoms with Gasteiger partial charge in [-0.1, -0.05) is 36.4 Å². The molecule has 2 heterocycles. The number of hydrogen-bond acceptors (Lipinski definition) is 6. The molecule has 0 aliphatic carbocycles. The minimum atomic E-state index is -0.719. The number of benzene rings is 2. The van der Waals surface area contributed by atoms with Gasteiger partial charge in [0.05, 0.1) is 6.61 Å². The minimum absolute atomic E-state index is 0.175. The molecule has 2 aromatic carbocycles. The zero-order valence-electron chi connectivity index (χ0n) is 15.8. The van der Waals surface area contributed by atoms with E-state index in [-0.39, 0.29) is 5.91 Å². The lowest BCUT2D eigenvalue weighted by Gasteiger charge is -2.33. The van der Waals surface area contributed by atoms with Crippen molar-refractivity contribution < 1.29 is 14.3 Å². The molecule has 7 nitrogen and oxygen atoms in total. The molecular formula is C22H22N4O3. The topological polar surface area (TPSA) is 104 Å². The third-order valence-corrected chi connectivity index (χ3v) is 4.61. The summed E-state index contributed by atoms with van der Waals surface area (Å²) in [6.07, 6.45) is -0.109. The highest BCUT2D eigenvalue weighted by Gasteiger charge is 2.36. The van der Waals surface area contributed by atoms with Gasteiger partial charge in [-0.05, 0) is 30.7 Å². The van der Waals surface area contributed by atoms with Crippen LogP contribution in [0.25, 0.3) is 0 Å². The Bertz CT molecular complexity index is 1010. The molecule has 1 atom stereocenters. The van der Waals surface area contributed by atoms with Gasteiger partial charge in [-0.3, -0.25) is 9.69 Å². The zero-order chi connectivity index (χ0) is 20.2. The third-order valence-electron chi connectivity index (χ3n) is 4.61. The number of carbonyl (C=O) groups is 1. The van der Waals surface area contributed by atoms with Crippen LogP contribution in [-0.2, 0) is 4.79 Å². The maximum Gasteiger partial charge on any atom is 0.274 e. The van der Waals surface area contributed by atoms with Gasteiger partial charge in [0.2, 0.25) is 6.10 Å². The molecule has 0 bridgehead atoms. The highest BCUT2D eigenvalue weighted by molar-refractivity contribution is 5.99. The fourth-order valence-electron chi connectivity index (χ4n) is 3.23. The van der Waals surface area contributed by atoms with Crippen molar-refractivity contribution in [2.45, 2.75) is 12.5 Å². The quantitative estimate of drug-likeness (QED) is 0.495. The van der Waals surface area contributed by atoms with Crippen LogP contribution in [-0.4, -0.2) is 24.0 Å². The smallest absolute Gasteiger partial charge is 0.274 e. The van der Waals surface area contributed by atoms with Crippen LogP contribution in [0, 0.1) is 0 Å². The van der Waals surface area contributed by atoms with E-state index in [0.717, 1.165) is 5.56 Å². The molecule has 29 heavy (non-hydrogen) atoms. The van der Waals surface area contributed by atoms with Gasteiger partial charge in [-0.25, -0.2) is 4.98 Å².